The summed E-state index contributed by atoms with van der Waals surface area (Å²) in [4.78, 5) is 11.8. The summed E-state index contributed by atoms with van der Waals surface area (Å²) in [5, 5.41) is 3.17. The van der Waals surface area contributed by atoms with E-state index in [1.165, 1.54) is 0 Å². The molecule has 0 fully saturated rings. The molecule has 4 nitrogen and oxygen atoms in total. The third-order valence-electron chi connectivity index (χ3n) is 2.77. The number of anilines is 2. The molecule has 0 aromatic heterocycles. The maximum absolute atomic E-state index is 11.8. The Morgan fingerprint density at radius 1 is 1.30 bits per heavy atom. The van der Waals surface area contributed by atoms with Crippen molar-refractivity contribution in [1.29, 1.82) is 0 Å². The number of hydrogen-bond acceptors (Lipinski definition) is 3. The van der Waals surface area contributed by atoms with Crippen molar-refractivity contribution in [2.45, 2.75) is 6.92 Å². The zero-order valence-corrected chi connectivity index (χ0v) is 11.8. The lowest BCUT2D eigenvalue weighted by Gasteiger charge is -2.09. The van der Waals surface area contributed by atoms with E-state index in [2.05, 4.69) is 5.32 Å². The SMILES string of the molecule is Cc1ccc(OCC(=O)Nc2ccccc2Cl)cc1N. The average molecular weight is 291 g/mol. The zero-order valence-electron chi connectivity index (χ0n) is 11.0. The summed E-state index contributed by atoms with van der Waals surface area (Å²) in [5.41, 5.74) is 7.94. The van der Waals surface area contributed by atoms with Crippen LogP contribution in [0.25, 0.3) is 0 Å². The second-order valence-electron chi connectivity index (χ2n) is 4.34. The lowest BCUT2D eigenvalue weighted by Crippen LogP contribution is -2.20. The van der Waals surface area contributed by atoms with Crippen LogP contribution in [0, 0.1) is 6.92 Å². The quantitative estimate of drug-likeness (QED) is 0.850. The van der Waals surface area contributed by atoms with Gasteiger partial charge in [0.25, 0.3) is 5.91 Å². The number of amides is 1. The second kappa shape index (κ2) is 6.30. The van der Waals surface area contributed by atoms with E-state index in [4.69, 9.17) is 22.1 Å². The van der Waals surface area contributed by atoms with Crippen LogP contribution in [0.3, 0.4) is 0 Å². The van der Waals surface area contributed by atoms with Crippen molar-refractivity contribution in [3.8, 4) is 5.75 Å². The van der Waals surface area contributed by atoms with Gasteiger partial charge in [-0.1, -0.05) is 29.8 Å². The number of carbonyl (C=O) groups is 1. The molecule has 0 saturated carbocycles. The van der Waals surface area contributed by atoms with Crippen LogP contribution in [-0.2, 0) is 4.79 Å². The van der Waals surface area contributed by atoms with Crippen molar-refractivity contribution in [1.82, 2.24) is 0 Å². The third-order valence-corrected chi connectivity index (χ3v) is 3.10. The number of hydrogen-bond donors (Lipinski definition) is 2. The number of halogens is 1. The minimum atomic E-state index is -0.280. The topological polar surface area (TPSA) is 64.3 Å². The maximum atomic E-state index is 11.8. The monoisotopic (exact) mass is 290 g/mol. The Morgan fingerprint density at radius 3 is 2.75 bits per heavy atom. The number of nitrogen functional groups attached to an aromatic ring is 1. The molecule has 3 N–H and O–H groups in total. The molecule has 0 aliphatic heterocycles. The molecule has 20 heavy (non-hydrogen) atoms. The molecule has 0 spiro atoms. The van der Waals surface area contributed by atoms with E-state index in [1.54, 1.807) is 36.4 Å². The van der Waals surface area contributed by atoms with E-state index in [1.807, 2.05) is 13.0 Å². The van der Waals surface area contributed by atoms with Gasteiger partial charge in [0, 0.05) is 11.8 Å². The zero-order chi connectivity index (χ0) is 14.5. The average Bonchev–Trinajstić information content (AvgIpc) is 2.43. The van der Waals surface area contributed by atoms with Crippen molar-refractivity contribution < 1.29 is 9.53 Å². The Kier molecular flexibility index (Phi) is 4.48. The molecular weight excluding hydrogens is 276 g/mol. The van der Waals surface area contributed by atoms with Gasteiger partial charge in [-0.25, -0.2) is 0 Å². The highest BCUT2D eigenvalue weighted by Crippen LogP contribution is 2.21. The Morgan fingerprint density at radius 2 is 2.05 bits per heavy atom. The standard InChI is InChI=1S/C15H15ClN2O2/c1-10-6-7-11(8-13(10)17)20-9-15(19)18-14-5-3-2-4-12(14)16/h2-8H,9,17H2,1H3,(H,18,19). The highest BCUT2D eigenvalue weighted by Gasteiger charge is 2.06. The van der Waals surface area contributed by atoms with Crippen molar-refractivity contribution >= 4 is 28.9 Å². The van der Waals surface area contributed by atoms with Crippen LogP contribution < -0.4 is 15.8 Å². The highest BCUT2D eigenvalue weighted by molar-refractivity contribution is 6.33. The van der Waals surface area contributed by atoms with Gasteiger partial charge in [0.15, 0.2) is 6.61 Å². The van der Waals surface area contributed by atoms with Crippen LogP contribution in [0.1, 0.15) is 5.56 Å². The van der Waals surface area contributed by atoms with E-state index in [9.17, 15) is 4.79 Å². The van der Waals surface area contributed by atoms with E-state index in [0.717, 1.165) is 5.56 Å². The molecular formula is C15H15ClN2O2. The molecule has 0 saturated heterocycles. The first-order chi connectivity index (χ1) is 9.56. The summed E-state index contributed by atoms with van der Waals surface area (Å²) in [6.45, 7) is 1.80. The Hall–Kier alpha value is -2.20. The Balaban J connectivity index is 1.92. The lowest BCUT2D eigenvalue weighted by atomic mass is 10.2. The van der Waals surface area contributed by atoms with Gasteiger partial charge < -0.3 is 15.8 Å². The molecule has 104 valence electrons. The number of carbonyl (C=O) groups excluding carboxylic acids is 1. The van der Waals surface area contributed by atoms with Crippen molar-refractivity contribution in [2.24, 2.45) is 0 Å². The molecule has 2 aromatic rings. The summed E-state index contributed by atoms with van der Waals surface area (Å²) in [5.74, 6) is 0.277. The normalized spacial score (nSPS) is 10.1. The number of nitrogens with one attached hydrogen (secondary N) is 1. The van der Waals surface area contributed by atoms with Gasteiger partial charge >= 0.3 is 0 Å². The number of nitrogens with two attached hydrogens (primary N) is 1. The molecule has 5 heteroatoms. The van der Waals surface area contributed by atoms with Gasteiger partial charge in [-0.3, -0.25) is 4.79 Å². The van der Waals surface area contributed by atoms with E-state index in [-0.39, 0.29) is 12.5 Å². The fourth-order valence-electron chi connectivity index (χ4n) is 1.61. The molecule has 0 aliphatic rings. The molecule has 0 radical (unpaired) electrons. The molecule has 0 unspecified atom stereocenters. The number of aryl methyl sites for hydroxylation is 1. The summed E-state index contributed by atoms with van der Waals surface area (Å²) < 4.78 is 5.38. The molecule has 1 amide bonds. The first-order valence-corrected chi connectivity index (χ1v) is 6.47. The van der Waals surface area contributed by atoms with Gasteiger partial charge in [-0.15, -0.1) is 0 Å². The van der Waals surface area contributed by atoms with Crippen molar-refractivity contribution in [2.75, 3.05) is 17.7 Å². The summed E-state index contributed by atoms with van der Waals surface area (Å²) >= 11 is 5.95. The summed E-state index contributed by atoms with van der Waals surface area (Å²) in [7, 11) is 0. The van der Waals surface area contributed by atoms with E-state index >= 15 is 0 Å². The summed E-state index contributed by atoms with van der Waals surface area (Å²) in [6, 6.07) is 12.3. The number of para-hydroxylation sites is 1. The molecule has 0 aliphatic carbocycles. The molecule has 2 rings (SSSR count). The van der Waals surface area contributed by atoms with E-state index < -0.39 is 0 Å². The van der Waals surface area contributed by atoms with Crippen LogP contribution in [0.5, 0.6) is 5.75 Å². The van der Waals surface area contributed by atoms with Crippen molar-refractivity contribution in [3.05, 3.63) is 53.1 Å². The molecule has 0 atom stereocenters. The summed E-state index contributed by atoms with van der Waals surface area (Å²) in [6.07, 6.45) is 0. The van der Waals surface area contributed by atoms with Crippen LogP contribution in [0.4, 0.5) is 11.4 Å². The third kappa shape index (κ3) is 3.65. The van der Waals surface area contributed by atoms with Crippen molar-refractivity contribution in [3.63, 3.8) is 0 Å². The molecule has 0 heterocycles. The number of rotatable bonds is 4. The highest BCUT2D eigenvalue weighted by atomic mass is 35.5. The Labute approximate surface area is 122 Å². The first-order valence-electron chi connectivity index (χ1n) is 6.09. The fourth-order valence-corrected chi connectivity index (χ4v) is 1.79. The Bertz CT molecular complexity index is 629. The number of ether oxygens (including phenoxy) is 1. The first kappa shape index (κ1) is 14.2. The smallest absolute Gasteiger partial charge is 0.262 e. The second-order valence-corrected chi connectivity index (χ2v) is 4.74. The predicted octanol–water partition coefficient (Wildman–Crippen LogP) is 3.25. The van der Waals surface area contributed by atoms with Gasteiger partial charge in [-0.2, -0.15) is 0 Å². The molecule has 0 bridgehead atoms. The lowest BCUT2D eigenvalue weighted by molar-refractivity contribution is -0.118. The predicted molar refractivity (Wildman–Crippen MR) is 81.2 cm³/mol. The van der Waals surface area contributed by atoms with Crippen LogP contribution in [0.2, 0.25) is 5.02 Å². The van der Waals surface area contributed by atoms with Crippen LogP contribution in [0.15, 0.2) is 42.5 Å². The van der Waals surface area contributed by atoms with Gasteiger partial charge in [-0.05, 0) is 30.7 Å². The van der Waals surface area contributed by atoms with Gasteiger partial charge in [0.2, 0.25) is 0 Å². The molecule has 2 aromatic carbocycles. The van der Waals surface area contributed by atoms with Gasteiger partial charge in [0.1, 0.15) is 5.75 Å². The van der Waals surface area contributed by atoms with E-state index in [0.29, 0.717) is 22.1 Å². The fraction of sp³-hybridized carbons (Fsp3) is 0.133. The minimum absolute atomic E-state index is 0.103. The largest absolute Gasteiger partial charge is 0.484 e. The maximum Gasteiger partial charge on any atom is 0.262 e. The van der Waals surface area contributed by atoms with Crippen LogP contribution >= 0.6 is 11.6 Å². The van der Waals surface area contributed by atoms with Crippen LogP contribution in [-0.4, -0.2) is 12.5 Å². The minimum Gasteiger partial charge on any atom is -0.484 e. The van der Waals surface area contributed by atoms with Gasteiger partial charge in [0.05, 0.1) is 10.7 Å². The number of benzene rings is 2.